The van der Waals surface area contributed by atoms with Gasteiger partial charge in [0.1, 0.15) is 5.75 Å². The molecule has 2 aliphatic rings. The average Bonchev–Trinajstić information content (AvgIpc) is 2.74. The lowest BCUT2D eigenvalue weighted by Gasteiger charge is -2.43. The SMILES string of the molecule is COc1ccccc1N1CCN(C2CCCC(c3ccccc3)C2)CC1. The predicted molar refractivity (Wildman–Crippen MR) is 108 cm³/mol. The molecule has 0 spiro atoms. The number of benzene rings is 2. The van der Waals surface area contributed by atoms with E-state index in [-0.39, 0.29) is 0 Å². The van der Waals surface area contributed by atoms with Crippen LogP contribution in [0.2, 0.25) is 0 Å². The molecule has 0 radical (unpaired) electrons. The van der Waals surface area contributed by atoms with Crippen molar-refractivity contribution in [1.82, 2.24) is 4.90 Å². The Labute approximate surface area is 157 Å². The average molecular weight is 351 g/mol. The van der Waals surface area contributed by atoms with Crippen molar-refractivity contribution in [2.24, 2.45) is 0 Å². The largest absolute Gasteiger partial charge is 0.495 e. The van der Waals surface area contributed by atoms with Gasteiger partial charge in [0.25, 0.3) is 0 Å². The lowest BCUT2D eigenvalue weighted by atomic mass is 9.80. The third-order valence-corrected chi connectivity index (χ3v) is 6.17. The Morgan fingerprint density at radius 3 is 2.35 bits per heavy atom. The van der Waals surface area contributed by atoms with Gasteiger partial charge >= 0.3 is 0 Å². The van der Waals surface area contributed by atoms with E-state index in [0.717, 1.165) is 43.9 Å². The van der Waals surface area contributed by atoms with E-state index in [1.165, 1.54) is 36.9 Å². The molecule has 2 aromatic rings. The Hall–Kier alpha value is -2.00. The summed E-state index contributed by atoms with van der Waals surface area (Å²) in [5.74, 6) is 1.73. The Balaban J connectivity index is 1.37. The molecule has 0 amide bonds. The van der Waals surface area contributed by atoms with E-state index in [1.807, 2.05) is 6.07 Å². The van der Waals surface area contributed by atoms with Gasteiger partial charge in [0.15, 0.2) is 0 Å². The molecule has 0 bridgehead atoms. The van der Waals surface area contributed by atoms with Crippen LogP contribution in [-0.2, 0) is 0 Å². The molecule has 3 nitrogen and oxygen atoms in total. The molecule has 2 fully saturated rings. The maximum Gasteiger partial charge on any atom is 0.142 e. The first-order valence-corrected chi connectivity index (χ1v) is 10.0. The van der Waals surface area contributed by atoms with Crippen molar-refractivity contribution in [3.8, 4) is 5.75 Å². The van der Waals surface area contributed by atoms with Gasteiger partial charge < -0.3 is 9.64 Å². The Bertz CT molecular complexity index is 694. The fourth-order valence-corrected chi connectivity index (χ4v) is 4.74. The second kappa shape index (κ2) is 8.13. The summed E-state index contributed by atoms with van der Waals surface area (Å²) in [7, 11) is 1.76. The Morgan fingerprint density at radius 2 is 1.58 bits per heavy atom. The molecule has 138 valence electrons. The van der Waals surface area contributed by atoms with E-state index in [4.69, 9.17) is 4.74 Å². The number of rotatable bonds is 4. The van der Waals surface area contributed by atoms with Crippen LogP contribution >= 0.6 is 0 Å². The molecule has 0 N–H and O–H groups in total. The van der Waals surface area contributed by atoms with Gasteiger partial charge in [0.05, 0.1) is 12.8 Å². The molecule has 2 aromatic carbocycles. The first-order chi connectivity index (χ1) is 12.8. The van der Waals surface area contributed by atoms with Crippen molar-refractivity contribution in [1.29, 1.82) is 0 Å². The summed E-state index contributed by atoms with van der Waals surface area (Å²) < 4.78 is 5.55. The highest BCUT2D eigenvalue weighted by Gasteiger charge is 2.30. The fourth-order valence-electron chi connectivity index (χ4n) is 4.74. The number of piperazine rings is 1. The molecule has 26 heavy (non-hydrogen) atoms. The minimum Gasteiger partial charge on any atom is -0.495 e. The summed E-state index contributed by atoms with van der Waals surface area (Å²) in [6.45, 7) is 4.49. The van der Waals surface area contributed by atoms with Crippen molar-refractivity contribution < 1.29 is 4.74 Å². The molecule has 1 aliphatic carbocycles. The molecule has 1 saturated carbocycles. The molecular weight excluding hydrogens is 320 g/mol. The zero-order valence-corrected chi connectivity index (χ0v) is 15.8. The molecule has 1 heterocycles. The minimum absolute atomic E-state index is 0.738. The van der Waals surface area contributed by atoms with Crippen LogP contribution in [0.15, 0.2) is 54.6 Å². The standard InChI is InChI=1S/C23H30N2O/c1-26-23-13-6-5-12-22(23)25-16-14-24(15-17-25)21-11-7-10-20(18-21)19-8-3-2-4-9-19/h2-6,8-9,12-13,20-21H,7,10-11,14-18H2,1H3. The second-order valence-electron chi connectivity index (χ2n) is 7.62. The van der Waals surface area contributed by atoms with Gasteiger partial charge in [-0.1, -0.05) is 48.9 Å². The lowest BCUT2D eigenvalue weighted by Crippen LogP contribution is -2.51. The van der Waals surface area contributed by atoms with Crippen molar-refractivity contribution in [2.75, 3.05) is 38.2 Å². The second-order valence-corrected chi connectivity index (χ2v) is 7.62. The third kappa shape index (κ3) is 3.73. The van der Waals surface area contributed by atoms with Crippen LogP contribution in [0.5, 0.6) is 5.75 Å². The molecule has 3 heteroatoms. The van der Waals surface area contributed by atoms with Crippen LogP contribution in [0.4, 0.5) is 5.69 Å². The van der Waals surface area contributed by atoms with Crippen LogP contribution in [0.1, 0.15) is 37.2 Å². The summed E-state index contributed by atoms with van der Waals surface area (Å²) >= 11 is 0. The highest BCUT2D eigenvalue weighted by atomic mass is 16.5. The Kier molecular flexibility index (Phi) is 5.45. The Morgan fingerprint density at radius 1 is 0.846 bits per heavy atom. The van der Waals surface area contributed by atoms with Crippen molar-refractivity contribution in [3.05, 3.63) is 60.2 Å². The van der Waals surface area contributed by atoms with E-state index in [2.05, 4.69) is 58.3 Å². The smallest absolute Gasteiger partial charge is 0.142 e. The molecule has 1 saturated heterocycles. The number of ether oxygens (including phenoxy) is 1. The maximum atomic E-state index is 5.55. The number of para-hydroxylation sites is 2. The number of hydrogen-bond acceptors (Lipinski definition) is 3. The summed E-state index contributed by atoms with van der Waals surface area (Å²) in [4.78, 5) is 5.22. The van der Waals surface area contributed by atoms with Crippen LogP contribution < -0.4 is 9.64 Å². The minimum atomic E-state index is 0.738. The molecular formula is C23H30N2O. The number of hydrogen-bond donors (Lipinski definition) is 0. The third-order valence-electron chi connectivity index (χ3n) is 6.17. The molecule has 1 aliphatic heterocycles. The van der Waals surface area contributed by atoms with E-state index in [9.17, 15) is 0 Å². The summed E-state index contributed by atoms with van der Waals surface area (Å²) in [6.07, 6.45) is 5.38. The number of anilines is 1. The summed E-state index contributed by atoms with van der Waals surface area (Å²) in [5.41, 5.74) is 2.77. The fraction of sp³-hybridized carbons (Fsp3) is 0.478. The maximum absolute atomic E-state index is 5.55. The van der Waals surface area contributed by atoms with Crippen molar-refractivity contribution in [2.45, 2.75) is 37.6 Å². The van der Waals surface area contributed by atoms with Gasteiger partial charge in [0, 0.05) is 32.2 Å². The van der Waals surface area contributed by atoms with E-state index in [1.54, 1.807) is 7.11 Å². The quantitative estimate of drug-likeness (QED) is 0.805. The monoisotopic (exact) mass is 350 g/mol. The van der Waals surface area contributed by atoms with Crippen LogP contribution in [0.25, 0.3) is 0 Å². The van der Waals surface area contributed by atoms with Gasteiger partial charge in [-0.15, -0.1) is 0 Å². The van der Waals surface area contributed by atoms with E-state index < -0.39 is 0 Å². The molecule has 0 aromatic heterocycles. The van der Waals surface area contributed by atoms with Gasteiger partial charge in [-0.05, 0) is 42.9 Å². The van der Waals surface area contributed by atoms with Crippen molar-refractivity contribution in [3.63, 3.8) is 0 Å². The highest BCUT2D eigenvalue weighted by molar-refractivity contribution is 5.58. The first-order valence-electron chi connectivity index (χ1n) is 10.0. The molecule has 2 atom stereocenters. The van der Waals surface area contributed by atoms with Gasteiger partial charge in [0.2, 0.25) is 0 Å². The zero-order valence-electron chi connectivity index (χ0n) is 15.8. The van der Waals surface area contributed by atoms with Crippen LogP contribution in [0.3, 0.4) is 0 Å². The normalized spacial score (nSPS) is 24.4. The topological polar surface area (TPSA) is 15.7 Å². The summed E-state index contributed by atoms with van der Waals surface area (Å²) in [5, 5.41) is 0. The predicted octanol–water partition coefficient (Wildman–Crippen LogP) is 4.54. The molecule has 2 unspecified atom stereocenters. The van der Waals surface area contributed by atoms with Gasteiger partial charge in [-0.25, -0.2) is 0 Å². The van der Waals surface area contributed by atoms with Gasteiger partial charge in [-0.3, -0.25) is 4.90 Å². The first kappa shape index (κ1) is 17.4. The van der Waals surface area contributed by atoms with Gasteiger partial charge in [-0.2, -0.15) is 0 Å². The number of nitrogens with zero attached hydrogens (tertiary/aromatic N) is 2. The molecule has 4 rings (SSSR count). The van der Waals surface area contributed by atoms with Crippen LogP contribution in [-0.4, -0.2) is 44.2 Å². The van der Waals surface area contributed by atoms with Crippen molar-refractivity contribution >= 4 is 5.69 Å². The summed E-state index contributed by atoms with van der Waals surface area (Å²) in [6, 6.07) is 20.3. The van der Waals surface area contributed by atoms with E-state index >= 15 is 0 Å². The highest BCUT2D eigenvalue weighted by Crippen LogP contribution is 2.36. The number of methoxy groups -OCH3 is 1. The zero-order chi connectivity index (χ0) is 17.8. The lowest BCUT2D eigenvalue weighted by molar-refractivity contribution is 0.139. The van der Waals surface area contributed by atoms with Crippen LogP contribution in [0, 0.1) is 0 Å². The van der Waals surface area contributed by atoms with E-state index in [0.29, 0.717) is 0 Å².